The van der Waals surface area contributed by atoms with Crippen molar-refractivity contribution in [2.45, 2.75) is 25.3 Å². The smallest absolute Gasteiger partial charge is 0.308 e. The van der Waals surface area contributed by atoms with Crippen molar-refractivity contribution in [2.24, 2.45) is 11.8 Å². The lowest BCUT2D eigenvalue weighted by Crippen LogP contribution is -2.42. The second-order valence-corrected chi connectivity index (χ2v) is 3.66. The molecule has 2 fully saturated rings. The van der Waals surface area contributed by atoms with Gasteiger partial charge in [-0.2, -0.15) is 0 Å². The van der Waals surface area contributed by atoms with E-state index in [9.17, 15) is 9.59 Å². The van der Waals surface area contributed by atoms with Crippen LogP contribution in [0.15, 0.2) is 0 Å². The van der Waals surface area contributed by atoms with Crippen molar-refractivity contribution in [2.75, 3.05) is 0 Å². The maximum atomic E-state index is 11.0. The van der Waals surface area contributed by atoms with Gasteiger partial charge in [0.1, 0.15) is 0 Å². The number of aliphatic carboxylic acids is 1. The zero-order valence-electron chi connectivity index (χ0n) is 6.62. The minimum Gasteiger partial charge on any atom is -0.481 e. The molecule has 2 aliphatic rings. The van der Waals surface area contributed by atoms with E-state index in [4.69, 9.17) is 5.11 Å². The third-order valence-electron chi connectivity index (χ3n) is 2.80. The van der Waals surface area contributed by atoms with Crippen LogP contribution in [0.4, 0.5) is 0 Å². The number of hydrogen-bond acceptors (Lipinski definition) is 2. The minimum atomic E-state index is -0.773. The molecule has 1 aliphatic heterocycles. The van der Waals surface area contributed by atoms with Crippen LogP contribution in [0.5, 0.6) is 0 Å². The highest BCUT2D eigenvalue weighted by molar-refractivity contribution is 5.80. The largest absolute Gasteiger partial charge is 0.481 e. The fraction of sp³-hybridized carbons (Fsp3) is 0.750. The first-order valence-corrected chi connectivity index (χ1v) is 4.19. The van der Waals surface area contributed by atoms with Crippen LogP contribution in [-0.2, 0) is 9.59 Å². The zero-order chi connectivity index (χ0) is 8.72. The minimum absolute atomic E-state index is 0.0139. The summed E-state index contributed by atoms with van der Waals surface area (Å²) in [6.07, 6.45) is 2.03. The molecule has 4 heteroatoms. The molecule has 0 spiro atoms. The average Bonchev–Trinajstić information content (AvgIpc) is 2.26. The molecular weight excluding hydrogens is 158 g/mol. The lowest BCUT2D eigenvalue weighted by Gasteiger charge is -2.20. The van der Waals surface area contributed by atoms with Crippen LogP contribution in [0.1, 0.15) is 19.3 Å². The highest BCUT2D eigenvalue weighted by atomic mass is 16.4. The summed E-state index contributed by atoms with van der Waals surface area (Å²) in [5, 5.41) is 11.5. The van der Waals surface area contributed by atoms with Crippen LogP contribution in [0, 0.1) is 11.8 Å². The number of carboxylic acids is 1. The molecule has 2 bridgehead atoms. The van der Waals surface area contributed by atoms with Gasteiger partial charge in [0.15, 0.2) is 0 Å². The van der Waals surface area contributed by atoms with E-state index in [1.54, 1.807) is 0 Å². The van der Waals surface area contributed by atoms with Crippen molar-refractivity contribution in [1.29, 1.82) is 0 Å². The number of fused-ring (bicyclic) bond motifs is 2. The quantitative estimate of drug-likeness (QED) is 0.580. The van der Waals surface area contributed by atoms with Gasteiger partial charge in [-0.05, 0) is 18.8 Å². The Bertz CT molecular complexity index is 238. The Morgan fingerprint density at radius 3 is 2.92 bits per heavy atom. The molecule has 66 valence electrons. The number of carbonyl (C=O) groups is 2. The maximum absolute atomic E-state index is 11.0. The summed E-state index contributed by atoms with van der Waals surface area (Å²) in [5.74, 6) is -0.795. The molecule has 1 aliphatic carbocycles. The lowest BCUT2D eigenvalue weighted by molar-refractivity contribution is -0.142. The normalized spacial score (nSPS) is 39.3. The number of carbonyl (C=O) groups excluding carboxylic acids is 1. The Balaban J connectivity index is 2.14. The highest BCUT2D eigenvalue weighted by Gasteiger charge is 2.43. The Kier molecular flexibility index (Phi) is 1.56. The molecule has 12 heavy (non-hydrogen) atoms. The fourth-order valence-corrected chi connectivity index (χ4v) is 2.27. The van der Waals surface area contributed by atoms with Gasteiger partial charge >= 0.3 is 5.97 Å². The van der Waals surface area contributed by atoms with Crippen molar-refractivity contribution < 1.29 is 14.7 Å². The summed E-state index contributed by atoms with van der Waals surface area (Å²) in [4.78, 5) is 21.7. The van der Waals surface area contributed by atoms with Crippen LogP contribution in [0.25, 0.3) is 0 Å². The molecule has 1 saturated heterocycles. The van der Waals surface area contributed by atoms with E-state index in [1.807, 2.05) is 0 Å². The molecule has 2 rings (SSSR count). The van der Waals surface area contributed by atoms with Crippen LogP contribution in [-0.4, -0.2) is 23.0 Å². The van der Waals surface area contributed by atoms with Crippen LogP contribution < -0.4 is 5.32 Å². The number of rotatable bonds is 1. The van der Waals surface area contributed by atoms with Crippen molar-refractivity contribution in [3.8, 4) is 0 Å². The number of carboxylic acid groups (broad SMARTS) is 1. The van der Waals surface area contributed by atoms with E-state index in [0.29, 0.717) is 18.8 Å². The molecule has 0 aromatic carbocycles. The molecule has 0 radical (unpaired) electrons. The van der Waals surface area contributed by atoms with E-state index in [2.05, 4.69) is 5.32 Å². The first kappa shape index (κ1) is 7.58. The van der Waals surface area contributed by atoms with E-state index in [-0.39, 0.29) is 17.9 Å². The van der Waals surface area contributed by atoms with Crippen LogP contribution in [0.3, 0.4) is 0 Å². The van der Waals surface area contributed by atoms with E-state index < -0.39 is 5.97 Å². The molecule has 1 heterocycles. The summed E-state index contributed by atoms with van der Waals surface area (Å²) in [6, 6.07) is -0.103. The van der Waals surface area contributed by atoms with Crippen molar-refractivity contribution in [3.63, 3.8) is 0 Å². The van der Waals surface area contributed by atoms with E-state index >= 15 is 0 Å². The van der Waals surface area contributed by atoms with Gasteiger partial charge in [0, 0.05) is 12.5 Å². The summed E-state index contributed by atoms with van der Waals surface area (Å²) in [7, 11) is 0. The second-order valence-electron chi connectivity index (χ2n) is 3.66. The summed E-state index contributed by atoms with van der Waals surface area (Å²) < 4.78 is 0. The Morgan fingerprint density at radius 1 is 1.50 bits per heavy atom. The van der Waals surface area contributed by atoms with Gasteiger partial charge in [-0.25, -0.2) is 0 Å². The maximum Gasteiger partial charge on any atom is 0.308 e. The van der Waals surface area contributed by atoms with Gasteiger partial charge in [-0.15, -0.1) is 0 Å². The van der Waals surface area contributed by atoms with E-state index in [0.717, 1.165) is 6.42 Å². The van der Waals surface area contributed by atoms with Gasteiger partial charge in [-0.3, -0.25) is 9.59 Å². The Labute approximate surface area is 69.9 Å². The van der Waals surface area contributed by atoms with Crippen molar-refractivity contribution in [1.82, 2.24) is 5.32 Å². The number of amides is 1. The highest BCUT2D eigenvalue weighted by Crippen LogP contribution is 2.36. The molecule has 1 saturated carbocycles. The predicted octanol–water partition coefficient (Wildman–Crippen LogP) is -0.0143. The van der Waals surface area contributed by atoms with Gasteiger partial charge in [0.2, 0.25) is 5.91 Å². The molecule has 2 N–H and O–H groups in total. The molecule has 1 amide bonds. The zero-order valence-corrected chi connectivity index (χ0v) is 6.62. The first-order chi connectivity index (χ1) is 5.66. The average molecular weight is 169 g/mol. The number of piperidine rings is 1. The number of nitrogens with one attached hydrogen (secondary N) is 1. The molecular formula is C8H11NO3. The molecule has 3 atom stereocenters. The molecule has 0 unspecified atom stereocenters. The third kappa shape index (κ3) is 1.07. The standard InChI is InChI=1S/C8H11NO3/c10-7-3-4-1-5(8(11)12)6(2-4)9-7/h4-6H,1-3H2,(H,9,10)(H,11,12)/t4-,5-,6-/m1/s1. The van der Waals surface area contributed by atoms with E-state index in [1.165, 1.54) is 0 Å². The predicted molar refractivity (Wildman–Crippen MR) is 40.4 cm³/mol. The van der Waals surface area contributed by atoms with Crippen LogP contribution >= 0.6 is 0 Å². The second kappa shape index (κ2) is 2.47. The fourth-order valence-electron chi connectivity index (χ4n) is 2.27. The van der Waals surface area contributed by atoms with Gasteiger partial charge in [0.05, 0.1) is 5.92 Å². The Morgan fingerprint density at radius 2 is 2.25 bits per heavy atom. The number of hydrogen-bond donors (Lipinski definition) is 2. The third-order valence-corrected chi connectivity index (χ3v) is 2.80. The summed E-state index contributed by atoms with van der Waals surface area (Å²) >= 11 is 0. The summed E-state index contributed by atoms with van der Waals surface area (Å²) in [6.45, 7) is 0. The lowest BCUT2D eigenvalue weighted by atomic mass is 10.0. The van der Waals surface area contributed by atoms with Crippen LogP contribution in [0.2, 0.25) is 0 Å². The molecule has 4 nitrogen and oxygen atoms in total. The van der Waals surface area contributed by atoms with Crippen molar-refractivity contribution >= 4 is 11.9 Å². The molecule has 0 aromatic heterocycles. The van der Waals surface area contributed by atoms with Gasteiger partial charge in [0.25, 0.3) is 0 Å². The topological polar surface area (TPSA) is 66.4 Å². The van der Waals surface area contributed by atoms with Gasteiger partial charge in [-0.1, -0.05) is 0 Å². The SMILES string of the molecule is O=C1C[C@H]2C[C@@H](N1)[C@H](C(=O)O)C2. The molecule has 0 aromatic rings. The van der Waals surface area contributed by atoms with Gasteiger partial charge < -0.3 is 10.4 Å². The monoisotopic (exact) mass is 169 g/mol. The van der Waals surface area contributed by atoms with Crippen molar-refractivity contribution in [3.05, 3.63) is 0 Å². The Hall–Kier alpha value is -1.06. The summed E-state index contributed by atoms with van der Waals surface area (Å²) in [5.41, 5.74) is 0. The first-order valence-electron chi connectivity index (χ1n) is 4.19.